The lowest BCUT2D eigenvalue weighted by Crippen LogP contribution is -2.29. The minimum absolute atomic E-state index is 0.110. The Morgan fingerprint density at radius 3 is 2.51 bits per heavy atom. The van der Waals surface area contributed by atoms with Crippen molar-refractivity contribution < 1.29 is 38.4 Å². The number of hydrogen-bond acceptors (Lipinski definition) is 10. The summed E-state index contributed by atoms with van der Waals surface area (Å²) < 4.78 is 21.6. The van der Waals surface area contributed by atoms with Gasteiger partial charge in [0, 0.05) is 5.56 Å². The van der Waals surface area contributed by atoms with E-state index in [1.165, 1.54) is 26.2 Å². The molecule has 10 nitrogen and oxygen atoms in total. The first-order valence-corrected chi connectivity index (χ1v) is 13.9. The predicted molar refractivity (Wildman–Crippen MR) is 154 cm³/mol. The Labute approximate surface area is 242 Å². The Morgan fingerprint density at radius 1 is 1.05 bits per heavy atom. The fourth-order valence-electron chi connectivity index (χ4n) is 4.55. The van der Waals surface area contributed by atoms with Gasteiger partial charge in [0.2, 0.25) is 0 Å². The minimum Gasteiger partial charge on any atom is -0.507 e. The maximum atomic E-state index is 13.5. The number of carbonyl (C=O) groups is 3. The van der Waals surface area contributed by atoms with E-state index in [2.05, 4.69) is 11.9 Å². The number of Topliss-reactive ketones (excluding diaryl/α,β-unsaturated/α-hetero) is 1. The van der Waals surface area contributed by atoms with Crippen molar-refractivity contribution in [2.75, 3.05) is 32.8 Å². The van der Waals surface area contributed by atoms with Gasteiger partial charge >= 0.3 is 11.9 Å². The quantitative estimate of drug-likeness (QED) is 0.104. The number of aliphatic hydroxyl groups excluding tert-OH is 1. The van der Waals surface area contributed by atoms with E-state index in [1.54, 1.807) is 49.4 Å². The average Bonchev–Trinajstić information content (AvgIpc) is 3.50. The number of hydrogen-bond donors (Lipinski definition) is 1. The first kappa shape index (κ1) is 29.6. The third-order valence-electron chi connectivity index (χ3n) is 6.66. The molecule has 0 bridgehead atoms. The maximum Gasteiger partial charge on any atom is 0.350 e. The second-order valence-corrected chi connectivity index (χ2v) is 10.2. The Kier molecular flexibility index (Phi) is 9.28. The molecule has 1 aromatic heterocycles. The minimum atomic E-state index is -1.08. The van der Waals surface area contributed by atoms with Crippen LogP contribution in [0.25, 0.3) is 5.76 Å². The molecule has 0 spiro atoms. The van der Waals surface area contributed by atoms with Gasteiger partial charge in [0.25, 0.3) is 5.78 Å². The number of methoxy groups -OCH3 is 3. The molecule has 4 rings (SSSR count). The van der Waals surface area contributed by atoms with Crippen molar-refractivity contribution in [3.63, 3.8) is 0 Å². The van der Waals surface area contributed by atoms with Crippen LogP contribution in [0.5, 0.6) is 17.2 Å². The molecule has 2 heterocycles. The summed E-state index contributed by atoms with van der Waals surface area (Å²) in [6.45, 7) is 4.23. The molecule has 1 aliphatic heterocycles. The van der Waals surface area contributed by atoms with E-state index in [4.69, 9.17) is 18.9 Å². The van der Waals surface area contributed by atoms with Gasteiger partial charge in [-0.15, -0.1) is 0 Å². The lowest BCUT2D eigenvalue weighted by molar-refractivity contribution is -0.132. The number of thiazole rings is 1. The largest absolute Gasteiger partial charge is 0.507 e. The number of unbranched alkanes of at least 4 members (excludes halogenated alkanes) is 2. The second kappa shape index (κ2) is 12.9. The average molecular weight is 581 g/mol. The van der Waals surface area contributed by atoms with Crippen molar-refractivity contribution in [1.29, 1.82) is 0 Å². The van der Waals surface area contributed by atoms with Crippen molar-refractivity contribution in [3.05, 3.63) is 69.7 Å². The van der Waals surface area contributed by atoms with Crippen LogP contribution in [0.3, 0.4) is 0 Å². The summed E-state index contributed by atoms with van der Waals surface area (Å²) in [4.78, 5) is 45.2. The zero-order valence-corrected chi connectivity index (χ0v) is 24.4. The monoisotopic (exact) mass is 580 g/mol. The maximum absolute atomic E-state index is 13.5. The van der Waals surface area contributed by atoms with E-state index in [0.29, 0.717) is 40.7 Å². The molecule has 3 aromatic rings. The number of nitrogens with zero attached hydrogens (tertiary/aromatic N) is 2. The van der Waals surface area contributed by atoms with E-state index in [9.17, 15) is 19.5 Å². The molecule has 1 N–H and O–H groups in total. The van der Waals surface area contributed by atoms with Gasteiger partial charge in [-0.1, -0.05) is 49.3 Å². The van der Waals surface area contributed by atoms with Gasteiger partial charge in [0.1, 0.15) is 16.4 Å². The van der Waals surface area contributed by atoms with Crippen molar-refractivity contribution >= 4 is 39.9 Å². The molecule has 1 saturated heterocycles. The number of aliphatic hydroxyl groups is 1. The van der Waals surface area contributed by atoms with E-state index in [1.807, 2.05) is 0 Å². The lowest BCUT2D eigenvalue weighted by Gasteiger charge is -2.24. The summed E-state index contributed by atoms with van der Waals surface area (Å²) in [5.41, 5.74) is 0.965. The first-order chi connectivity index (χ1) is 19.7. The molecule has 41 heavy (non-hydrogen) atoms. The van der Waals surface area contributed by atoms with Gasteiger partial charge < -0.3 is 24.1 Å². The van der Waals surface area contributed by atoms with Crippen LogP contribution >= 0.6 is 11.3 Å². The normalized spacial score (nSPS) is 16.1. The van der Waals surface area contributed by atoms with Crippen LogP contribution in [0.4, 0.5) is 5.13 Å². The molecule has 1 atom stereocenters. The van der Waals surface area contributed by atoms with Crippen LogP contribution in [0.1, 0.15) is 58.7 Å². The number of anilines is 1. The molecular formula is C30H32N2O8S. The van der Waals surface area contributed by atoms with Crippen LogP contribution < -0.4 is 19.1 Å². The highest BCUT2D eigenvalue weighted by atomic mass is 32.1. The van der Waals surface area contributed by atoms with Crippen LogP contribution in [-0.2, 0) is 14.3 Å². The summed E-state index contributed by atoms with van der Waals surface area (Å²) >= 11 is 0.925. The van der Waals surface area contributed by atoms with Gasteiger partial charge in [-0.05, 0) is 43.2 Å². The smallest absolute Gasteiger partial charge is 0.350 e. The Bertz CT molecular complexity index is 1500. The first-order valence-electron chi connectivity index (χ1n) is 13.1. The van der Waals surface area contributed by atoms with Gasteiger partial charge in [-0.3, -0.25) is 14.5 Å². The van der Waals surface area contributed by atoms with E-state index in [-0.39, 0.29) is 21.3 Å². The Balaban J connectivity index is 1.88. The zero-order chi connectivity index (χ0) is 29.7. The molecule has 0 radical (unpaired) electrons. The summed E-state index contributed by atoms with van der Waals surface area (Å²) in [5, 5.41) is 11.5. The fraction of sp³-hybridized carbons (Fsp3) is 0.333. The van der Waals surface area contributed by atoms with Gasteiger partial charge in [0.15, 0.2) is 16.6 Å². The van der Waals surface area contributed by atoms with Gasteiger partial charge in [0.05, 0.1) is 45.2 Å². The predicted octanol–water partition coefficient (Wildman–Crippen LogP) is 5.45. The summed E-state index contributed by atoms with van der Waals surface area (Å²) in [5.74, 6) is -1.42. The second-order valence-electron chi connectivity index (χ2n) is 9.27. The molecule has 2 aromatic carbocycles. The molecule has 1 fully saturated rings. The van der Waals surface area contributed by atoms with Crippen LogP contribution in [0, 0.1) is 6.92 Å². The SMILES string of the molecule is CCCCCOc1ccc(C2/C(=C(\O)c3cccc(OC)c3)C(=O)C(=O)N2c2nc(C)c(C(=O)OC)s2)cc1OC. The van der Waals surface area contributed by atoms with Crippen molar-refractivity contribution in [1.82, 2.24) is 4.98 Å². The Morgan fingerprint density at radius 2 is 1.83 bits per heavy atom. The number of carbonyl (C=O) groups excluding carboxylic acids is 3. The number of aromatic nitrogens is 1. The number of benzene rings is 2. The van der Waals surface area contributed by atoms with Gasteiger partial charge in [-0.2, -0.15) is 0 Å². The molecule has 1 aliphatic rings. The topological polar surface area (TPSA) is 124 Å². The number of ether oxygens (including phenoxy) is 4. The molecule has 216 valence electrons. The van der Waals surface area contributed by atoms with Crippen molar-refractivity contribution in [2.24, 2.45) is 0 Å². The number of rotatable bonds is 11. The van der Waals surface area contributed by atoms with E-state index in [0.717, 1.165) is 30.6 Å². The zero-order valence-electron chi connectivity index (χ0n) is 23.6. The van der Waals surface area contributed by atoms with Crippen molar-refractivity contribution in [3.8, 4) is 17.2 Å². The van der Waals surface area contributed by atoms with Crippen molar-refractivity contribution in [2.45, 2.75) is 39.2 Å². The molecule has 1 amide bonds. The number of esters is 1. The standard InChI is InChI=1S/C30H32N2O8S/c1-6-7-8-14-40-21-13-12-18(16-22(21)38-4)24-23(25(33)19-10-9-11-20(15-19)37-3)26(34)28(35)32(24)30-31-17(2)27(41-30)29(36)39-5/h9-13,15-16,24,33H,6-8,14H2,1-5H3/b25-23+. The highest BCUT2D eigenvalue weighted by Crippen LogP contribution is 2.45. The molecule has 0 saturated carbocycles. The summed E-state index contributed by atoms with van der Waals surface area (Å²) in [7, 11) is 4.23. The molecule has 0 aliphatic carbocycles. The molecular weight excluding hydrogens is 548 g/mol. The lowest BCUT2D eigenvalue weighted by atomic mass is 9.95. The highest BCUT2D eigenvalue weighted by Gasteiger charge is 2.48. The molecule has 1 unspecified atom stereocenters. The van der Waals surface area contributed by atoms with E-state index < -0.39 is 23.7 Å². The number of aryl methyl sites for hydroxylation is 1. The third kappa shape index (κ3) is 5.90. The van der Waals surface area contributed by atoms with Crippen LogP contribution in [0.2, 0.25) is 0 Å². The molecule has 11 heteroatoms. The number of ketones is 1. The highest BCUT2D eigenvalue weighted by molar-refractivity contribution is 7.17. The Hall–Kier alpha value is -4.38. The fourth-order valence-corrected chi connectivity index (χ4v) is 5.56. The van der Waals surface area contributed by atoms with Crippen LogP contribution in [-0.4, -0.2) is 55.7 Å². The van der Waals surface area contributed by atoms with Gasteiger partial charge in [-0.25, -0.2) is 9.78 Å². The number of amides is 1. The van der Waals surface area contributed by atoms with Crippen LogP contribution in [0.15, 0.2) is 48.0 Å². The van der Waals surface area contributed by atoms with E-state index >= 15 is 0 Å². The summed E-state index contributed by atoms with van der Waals surface area (Å²) in [6.07, 6.45) is 2.97. The third-order valence-corrected chi connectivity index (χ3v) is 7.80. The summed E-state index contributed by atoms with van der Waals surface area (Å²) in [6, 6.07) is 10.5.